The van der Waals surface area contributed by atoms with Crippen LogP contribution in [0.5, 0.6) is 0 Å². The number of hydrogen-bond acceptors (Lipinski definition) is 6. The van der Waals surface area contributed by atoms with Gasteiger partial charge in [0.15, 0.2) is 0 Å². The Morgan fingerprint density at radius 3 is 2.22 bits per heavy atom. The summed E-state index contributed by atoms with van der Waals surface area (Å²) in [5.74, 6) is -0.521. The van der Waals surface area contributed by atoms with Gasteiger partial charge in [0.2, 0.25) is 0 Å². The first-order valence-electron chi connectivity index (χ1n) is 9.80. The van der Waals surface area contributed by atoms with E-state index in [4.69, 9.17) is 0 Å². The van der Waals surface area contributed by atoms with Crippen molar-refractivity contribution in [3.63, 3.8) is 0 Å². The van der Waals surface area contributed by atoms with E-state index in [1.54, 1.807) is 12.1 Å². The van der Waals surface area contributed by atoms with Crippen molar-refractivity contribution in [3.8, 4) is 0 Å². The third kappa shape index (κ3) is 4.08. The fourth-order valence-electron chi connectivity index (χ4n) is 3.61. The molecule has 4 rings (SSSR count). The van der Waals surface area contributed by atoms with Crippen LogP contribution in [0, 0.1) is 27.2 Å². The van der Waals surface area contributed by atoms with Crippen molar-refractivity contribution in [2.45, 2.75) is 19.4 Å². The number of rotatable bonds is 5. The normalized spacial score (nSPS) is 15.3. The summed E-state index contributed by atoms with van der Waals surface area (Å²) in [6.45, 7) is 1.96. The first-order valence-corrected chi connectivity index (χ1v) is 9.80. The molecule has 0 bridgehead atoms. The highest BCUT2D eigenvalue weighted by atomic mass is 16.6. The maximum Gasteiger partial charge on any atom is 0.274 e. The lowest BCUT2D eigenvalue weighted by Crippen LogP contribution is -2.27. The van der Waals surface area contributed by atoms with Crippen molar-refractivity contribution in [1.29, 1.82) is 0 Å². The molecule has 1 unspecified atom stereocenters. The minimum Gasteiger partial charge on any atom is -0.267 e. The number of carbonyl (C=O) groups is 1. The smallest absolute Gasteiger partial charge is 0.267 e. The van der Waals surface area contributed by atoms with Gasteiger partial charge in [-0.3, -0.25) is 25.0 Å². The van der Waals surface area contributed by atoms with Gasteiger partial charge in [-0.1, -0.05) is 48.0 Å². The second-order valence-corrected chi connectivity index (χ2v) is 7.44. The van der Waals surface area contributed by atoms with E-state index in [1.165, 1.54) is 41.4 Å². The van der Waals surface area contributed by atoms with Crippen LogP contribution in [-0.2, 0) is 0 Å². The van der Waals surface area contributed by atoms with Crippen molar-refractivity contribution in [3.05, 3.63) is 115 Å². The van der Waals surface area contributed by atoms with Gasteiger partial charge >= 0.3 is 0 Å². The van der Waals surface area contributed by atoms with Crippen LogP contribution in [0.1, 0.15) is 39.5 Å². The fraction of sp³-hybridized carbons (Fsp3) is 0.130. The standard InChI is InChI=1S/C23H18N4O5/c1-15-8-10-16(11-9-15)21-14-22(17-4-2-6-19(12-17)26(29)30)25(24-21)23(28)18-5-3-7-20(13-18)27(31)32/h2-13,22H,14H2,1H3. The number of carbonyl (C=O) groups excluding carboxylic acids is 1. The van der Waals surface area contributed by atoms with Gasteiger partial charge in [0, 0.05) is 36.2 Å². The van der Waals surface area contributed by atoms with Crippen LogP contribution in [0.3, 0.4) is 0 Å². The highest BCUT2D eigenvalue weighted by Crippen LogP contribution is 2.35. The average molecular weight is 430 g/mol. The van der Waals surface area contributed by atoms with E-state index in [1.807, 2.05) is 31.2 Å². The van der Waals surface area contributed by atoms with E-state index in [2.05, 4.69) is 5.10 Å². The SMILES string of the molecule is Cc1ccc(C2=NN(C(=O)c3cccc([N+](=O)[O-])c3)C(c3cccc([N+](=O)[O-])c3)C2)cc1. The summed E-state index contributed by atoms with van der Waals surface area (Å²) >= 11 is 0. The van der Waals surface area contributed by atoms with E-state index in [0.29, 0.717) is 17.7 Å². The molecule has 1 aliphatic rings. The number of benzene rings is 3. The number of aryl methyl sites for hydroxylation is 1. The van der Waals surface area contributed by atoms with Crippen molar-refractivity contribution in [2.75, 3.05) is 0 Å². The van der Waals surface area contributed by atoms with Crippen molar-refractivity contribution in [1.82, 2.24) is 5.01 Å². The van der Waals surface area contributed by atoms with Crippen molar-refractivity contribution >= 4 is 23.0 Å². The maximum atomic E-state index is 13.3. The Morgan fingerprint density at radius 1 is 0.938 bits per heavy atom. The van der Waals surface area contributed by atoms with Crippen LogP contribution in [0.2, 0.25) is 0 Å². The summed E-state index contributed by atoms with van der Waals surface area (Å²) in [4.78, 5) is 34.6. The van der Waals surface area contributed by atoms with E-state index in [0.717, 1.165) is 11.1 Å². The van der Waals surface area contributed by atoms with Gasteiger partial charge in [-0.15, -0.1) is 0 Å². The van der Waals surface area contributed by atoms with Gasteiger partial charge in [-0.05, 0) is 24.1 Å². The first-order chi connectivity index (χ1) is 15.3. The van der Waals surface area contributed by atoms with Gasteiger partial charge in [0.05, 0.1) is 21.6 Å². The molecule has 0 saturated carbocycles. The summed E-state index contributed by atoms with van der Waals surface area (Å²) in [5, 5.41) is 28.2. The molecule has 32 heavy (non-hydrogen) atoms. The van der Waals surface area contributed by atoms with Gasteiger partial charge < -0.3 is 0 Å². The third-order valence-corrected chi connectivity index (χ3v) is 5.27. The zero-order valence-electron chi connectivity index (χ0n) is 17.0. The Labute approximate surface area is 182 Å². The van der Waals surface area contributed by atoms with E-state index in [-0.39, 0.29) is 16.9 Å². The Bertz CT molecular complexity index is 1250. The minimum absolute atomic E-state index is 0.0889. The Hall–Kier alpha value is -4.40. The van der Waals surface area contributed by atoms with Crippen LogP contribution >= 0.6 is 0 Å². The molecule has 9 heteroatoms. The molecule has 0 aromatic heterocycles. The number of nitrogens with zero attached hydrogens (tertiary/aromatic N) is 4. The number of nitro groups is 2. The summed E-state index contributed by atoms with van der Waals surface area (Å²) in [5.41, 5.74) is 2.94. The van der Waals surface area contributed by atoms with E-state index >= 15 is 0 Å². The highest BCUT2D eigenvalue weighted by molar-refractivity contribution is 6.05. The molecular weight excluding hydrogens is 412 g/mol. The van der Waals surface area contributed by atoms with Gasteiger partial charge in [0.1, 0.15) is 0 Å². The van der Waals surface area contributed by atoms with Crippen LogP contribution in [-0.4, -0.2) is 26.5 Å². The molecule has 160 valence electrons. The molecule has 0 saturated heterocycles. The molecule has 9 nitrogen and oxygen atoms in total. The second-order valence-electron chi connectivity index (χ2n) is 7.44. The molecule has 3 aromatic carbocycles. The zero-order valence-corrected chi connectivity index (χ0v) is 17.0. The quantitative estimate of drug-likeness (QED) is 0.425. The average Bonchev–Trinajstić information content (AvgIpc) is 3.24. The third-order valence-electron chi connectivity index (χ3n) is 5.27. The molecule has 1 amide bonds. The summed E-state index contributed by atoms with van der Waals surface area (Å²) in [6, 6.07) is 18.6. The molecule has 3 aromatic rings. The molecule has 1 atom stereocenters. The molecule has 1 heterocycles. The lowest BCUT2D eigenvalue weighted by atomic mass is 9.97. The molecule has 1 aliphatic heterocycles. The Balaban J connectivity index is 1.76. The van der Waals surface area contributed by atoms with E-state index < -0.39 is 21.8 Å². The molecule has 0 radical (unpaired) electrons. The summed E-state index contributed by atoms with van der Waals surface area (Å²) in [7, 11) is 0. The first kappa shape index (κ1) is 20.9. The fourth-order valence-corrected chi connectivity index (χ4v) is 3.61. The van der Waals surface area contributed by atoms with Gasteiger partial charge in [-0.25, -0.2) is 5.01 Å². The largest absolute Gasteiger partial charge is 0.274 e. The number of hydrogen-bond donors (Lipinski definition) is 0. The van der Waals surface area contributed by atoms with Gasteiger partial charge in [-0.2, -0.15) is 5.10 Å². The molecule has 0 spiro atoms. The zero-order chi connectivity index (χ0) is 22.8. The summed E-state index contributed by atoms with van der Waals surface area (Å²) < 4.78 is 0. The number of non-ortho nitro benzene ring substituents is 2. The second kappa shape index (κ2) is 8.38. The lowest BCUT2D eigenvalue weighted by Gasteiger charge is -2.22. The topological polar surface area (TPSA) is 119 Å². The van der Waals surface area contributed by atoms with Crippen LogP contribution in [0.25, 0.3) is 0 Å². The minimum atomic E-state index is -0.585. The Morgan fingerprint density at radius 2 is 1.56 bits per heavy atom. The number of hydrazone groups is 1. The number of nitro benzene ring substituents is 2. The molecule has 0 N–H and O–H groups in total. The lowest BCUT2D eigenvalue weighted by molar-refractivity contribution is -0.385. The number of amides is 1. The van der Waals surface area contributed by atoms with Crippen LogP contribution in [0.15, 0.2) is 77.9 Å². The van der Waals surface area contributed by atoms with Crippen molar-refractivity contribution in [2.24, 2.45) is 5.10 Å². The molecule has 0 aliphatic carbocycles. The maximum absolute atomic E-state index is 13.3. The monoisotopic (exact) mass is 430 g/mol. The summed E-state index contributed by atoms with van der Waals surface area (Å²) in [6.07, 6.45) is 0.352. The van der Waals surface area contributed by atoms with Crippen LogP contribution in [0.4, 0.5) is 11.4 Å². The van der Waals surface area contributed by atoms with E-state index in [9.17, 15) is 25.0 Å². The van der Waals surface area contributed by atoms with Crippen LogP contribution < -0.4 is 0 Å². The molecular formula is C23H18N4O5. The Kier molecular flexibility index (Phi) is 5.46. The van der Waals surface area contributed by atoms with Gasteiger partial charge in [0.25, 0.3) is 17.3 Å². The predicted octanol–water partition coefficient (Wildman–Crippen LogP) is 4.80. The van der Waals surface area contributed by atoms with Crippen molar-refractivity contribution < 1.29 is 14.6 Å². The predicted molar refractivity (Wildman–Crippen MR) is 117 cm³/mol. The molecule has 0 fully saturated rings. The highest BCUT2D eigenvalue weighted by Gasteiger charge is 2.34.